The fourth-order valence-corrected chi connectivity index (χ4v) is 2.32. The van der Waals surface area contributed by atoms with Crippen LogP contribution in [0.3, 0.4) is 0 Å². The van der Waals surface area contributed by atoms with Crippen LogP contribution in [0.1, 0.15) is 12.8 Å². The fourth-order valence-electron chi connectivity index (χ4n) is 2.32. The first-order valence-electron chi connectivity index (χ1n) is 6.74. The second kappa shape index (κ2) is 6.93. The maximum Gasteiger partial charge on any atom is 0.310 e. The van der Waals surface area contributed by atoms with Gasteiger partial charge in [-0.15, -0.1) is 0 Å². The maximum atomic E-state index is 12.1. The highest BCUT2D eigenvalue weighted by atomic mass is 16.5. The van der Waals surface area contributed by atoms with Gasteiger partial charge in [0.05, 0.1) is 13.0 Å². The molecule has 1 amide bonds. The minimum atomic E-state index is -0.244. The minimum Gasteiger partial charge on any atom is -0.484 e. The molecule has 108 valence electrons. The van der Waals surface area contributed by atoms with Crippen LogP contribution in [0.25, 0.3) is 0 Å². The third-order valence-corrected chi connectivity index (χ3v) is 3.41. The van der Waals surface area contributed by atoms with E-state index in [4.69, 9.17) is 9.47 Å². The van der Waals surface area contributed by atoms with Crippen molar-refractivity contribution in [3.05, 3.63) is 30.3 Å². The average molecular weight is 277 g/mol. The molecule has 5 heteroatoms. The molecule has 0 bridgehead atoms. The SMILES string of the molecule is COC(=O)[C@@H]1CCCN(C(=O)COc2ccccc2)C1. The number of para-hydroxylation sites is 1. The van der Waals surface area contributed by atoms with Crippen LogP contribution in [0.4, 0.5) is 0 Å². The highest BCUT2D eigenvalue weighted by molar-refractivity contribution is 5.79. The number of amides is 1. The molecule has 1 aromatic carbocycles. The molecule has 2 rings (SSSR count). The van der Waals surface area contributed by atoms with Crippen LogP contribution >= 0.6 is 0 Å². The van der Waals surface area contributed by atoms with Crippen molar-refractivity contribution in [3.63, 3.8) is 0 Å². The molecule has 0 aliphatic carbocycles. The summed E-state index contributed by atoms with van der Waals surface area (Å²) in [7, 11) is 1.38. The Morgan fingerprint density at radius 2 is 2.05 bits per heavy atom. The molecule has 20 heavy (non-hydrogen) atoms. The summed E-state index contributed by atoms with van der Waals surface area (Å²) in [5.41, 5.74) is 0. The number of ether oxygens (including phenoxy) is 2. The molecule has 1 aromatic rings. The van der Waals surface area contributed by atoms with E-state index in [-0.39, 0.29) is 24.4 Å². The van der Waals surface area contributed by atoms with Gasteiger partial charge in [-0.05, 0) is 25.0 Å². The van der Waals surface area contributed by atoms with E-state index < -0.39 is 0 Å². The van der Waals surface area contributed by atoms with Crippen LogP contribution in [-0.2, 0) is 14.3 Å². The van der Waals surface area contributed by atoms with Crippen molar-refractivity contribution in [1.82, 2.24) is 4.90 Å². The highest BCUT2D eigenvalue weighted by Crippen LogP contribution is 2.18. The van der Waals surface area contributed by atoms with Crippen LogP contribution in [0.5, 0.6) is 5.75 Å². The zero-order chi connectivity index (χ0) is 14.4. The Morgan fingerprint density at radius 1 is 1.30 bits per heavy atom. The largest absolute Gasteiger partial charge is 0.484 e. The van der Waals surface area contributed by atoms with Crippen molar-refractivity contribution in [1.29, 1.82) is 0 Å². The van der Waals surface area contributed by atoms with Gasteiger partial charge in [0, 0.05) is 13.1 Å². The number of nitrogens with zero attached hydrogens (tertiary/aromatic N) is 1. The fraction of sp³-hybridized carbons (Fsp3) is 0.467. The van der Waals surface area contributed by atoms with Gasteiger partial charge in [-0.25, -0.2) is 0 Å². The average Bonchev–Trinajstić information content (AvgIpc) is 2.53. The van der Waals surface area contributed by atoms with Gasteiger partial charge in [0.1, 0.15) is 5.75 Å². The van der Waals surface area contributed by atoms with Crippen molar-refractivity contribution in [3.8, 4) is 5.75 Å². The molecule has 1 saturated heterocycles. The molecule has 1 atom stereocenters. The van der Waals surface area contributed by atoms with Crippen molar-refractivity contribution in [2.75, 3.05) is 26.8 Å². The predicted octanol–water partition coefficient (Wildman–Crippen LogP) is 1.48. The molecule has 1 heterocycles. The van der Waals surface area contributed by atoms with Crippen molar-refractivity contribution in [2.45, 2.75) is 12.8 Å². The lowest BCUT2D eigenvalue weighted by atomic mass is 9.98. The summed E-state index contributed by atoms with van der Waals surface area (Å²) < 4.78 is 10.2. The lowest BCUT2D eigenvalue weighted by molar-refractivity contribution is -0.149. The first kappa shape index (κ1) is 14.4. The van der Waals surface area contributed by atoms with Crippen molar-refractivity contribution < 1.29 is 19.1 Å². The minimum absolute atomic E-state index is 0.00208. The number of esters is 1. The molecule has 1 aliphatic heterocycles. The molecule has 0 unspecified atom stereocenters. The summed E-state index contributed by atoms with van der Waals surface area (Å²) >= 11 is 0. The molecular formula is C15H19NO4. The number of likely N-dealkylation sites (tertiary alicyclic amines) is 1. The maximum absolute atomic E-state index is 12.1. The Labute approximate surface area is 118 Å². The number of carbonyl (C=O) groups excluding carboxylic acids is 2. The van der Waals surface area contributed by atoms with E-state index in [2.05, 4.69) is 0 Å². The summed E-state index contributed by atoms with van der Waals surface area (Å²) in [5, 5.41) is 0. The highest BCUT2D eigenvalue weighted by Gasteiger charge is 2.29. The summed E-state index contributed by atoms with van der Waals surface area (Å²) in [6.45, 7) is 1.09. The number of piperidine rings is 1. The van der Waals surface area contributed by atoms with E-state index in [1.165, 1.54) is 7.11 Å². The van der Waals surface area contributed by atoms with Crippen LogP contribution in [0.2, 0.25) is 0 Å². The number of carbonyl (C=O) groups is 2. The van der Waals surface area contributed by atoms with E-state index in [1.807, 2.05) is 18.2 Å². The van der Waals surface area contributed by atoms with E-state index >= 15 is 0 Å². The summed E-state index contributed by atoms with van der Waals surface area (Å²) in [5.74, 6) is 0.116. The summed E-state index contributed by atoms with van der Waals surface area (Å²) in [4.78, 5) is 25.3. The topological polar surface area (TPSA) is 55.8 Å². The third-order valence-electron chi connectivity index (χ3n) is 3.41. The molecule has 1 aliphatic rings. The number of benzene rings is 1. The molecule has 0 N–H and O–H groups in total. The second-order valence-corrected chi connectivity index (χ2v) is 4.80. The number of rotatable bonds is 4. The standard InChI is InChI=1S/C15H19NO4/c1-19-15(18)12-6-5-9-16(10-12)14(17)11-20-13-7-3-2-4-8-13/h2-4,7-8,12H,5-6,9-11H2,1H3/t12-/m1/s1. The zero-order valence-corrected chi connectivity index (χ0v) is 11.6. The molecule has 0 radical (unpaired) electrons. The normalized spacial score (nSPS) is 18.4. The lowest BCUT2D eigenvalue weighted by Gasteiger charge is -2.31. The Hall–Kier alpha value is -2.04. The van der Waals surface area contributed by atoms with E-state index in [1.54, 1.807) is 17.0 Å². The molecule has 0 spiro atoms. The van der Waals surface area contributed by atoms with Crippen LogP contribution < -0.4 is 4.74 Å². The van der Waals surface area contributed by atoms with Gasteiger partial charge in [0.25, 0.3) is 5.91 Å². The Morgan fingerprint density at radius 3 is 2.75 bits per heavy atom. The molecular weight excluding hydrogens is 258 g/mol. The first-order valence-corrected chi connectivity index (χ1v) is 6.74. The zero-order valence-electron chi connectivity index (χ0n) is 11.6. The smallest absolute Gasteiger partial charge is 0.310 e. The van der Waals surface area contributed by atoms with Gasteiger partial charge in [-0.3, -0.25) is 9.59 Å². The molecule has 0 saturated carbocycles. The quantitative estimate of drug-likeness (QED) is 0.782. The molecule has 5 nitrogen and oxygen atoms in total. The second-order valence-electron chi connectivity index (χ2n) is 4.80. The van der Waals surface area contributed by atoms with E-state index in [0.717, 1.165) is 12.8 Å². The lowest BCUT2D eigenvalue weighted by Crippen LogP contribution is -2.44. The van der Waals surface area contributed by atoms with Gasteiger partial charge in [-0.1, -0.05) is 18.2 Å². The van der Waals surface area contributed by atoms with E-state index in [0.29, 0.717) is 18.8 Å². The van der Waals surface area contributed by atoms with Crippen LogP contribution in [-0.4, -0.2) is 43.6 Å². The van der Waals surface area contributed by atoms with Gasteiger partial charge in [0.2, 0.25) is 0 Å². The van der Waals surface area contributed by atoms with E-state index in [9.17, 15) is 9.59 Å². The van der Waals surface area contributed by atoms with Crippen molar-refractivity contribution >= 4 is 11.9 Å². The number of hydrogen-bond acceptors (Lipinski definition) is 4. The number of hydrogen-bond donors (Lipinski definition) is 0. The monoisotopic (exact) mass is 277 g/mol. The first-order chi connectivity index (χ1) is 9.70. The molecule has 0 aromatic heterocycles. The predicted molar refractivity (Wildman–Crippen MR) is 73.3 cm³/mol. The Balaban J connectivity index is 1.84. The Kier molecular flexibility index (Phi) is 4.98. The molecule has 1 fully saturated rings. The summed E-state index contributed by atoms with van der Waals surface area (Å²) in [6.07, 6.45) is 1.59. The summed E-state index contributed by atoms with van der Waals surface area (Å²) in [6, 6.07) is 9.21. The van der Waals surface area contributed by atoms with Gasteiger partial charge in [-0.2, -0.15) is 0 Å². The van der Waals surface area contributed by atoms with Crippen LogP contribution in [0, 0.1) is 5.92 Å². The third kappa shape index (κ3) is 3.73. The van der Waals surface area contributed by atoms with Gasteiger partial charge < -0.3 is 14.4 Å². The van der Waals surface area contributed by atoms with Crippen LogP contribution in [0.15, 0.2) is 30.3 Å². The number of methoxy groups -OCH3 is 1. The Bertz CT molecular complexity index is 460. The van der Waals surface area contributed by atoms with Crippen molar-refractivity contribution in [2.24, 2.45) is 5.92 Å². The van der Waals surface area contributed by atoms with Gasteiger partial charge in [0.15, 0.2) is 6.61 Å². The van der Waals surface area contributed by atoms with Gasteiger partial charge >= 0.3 is 5.97 Å².